The second kappa shape index (κ2) is 7.01. The molecule has 1 aromatic carbocycles. The van der Waals surface area contributed by atoms with Crippen molar-refractivity contribution in [1.29, 1.82) is 0 Å². The first kappa shape index (κ1) is 14.5. The summed E-state index contributed by atoms with van der Waals surface area (Å²) in [7, 11) is 0. The van der Waals surface area contributed by atoms with E-state index in [1.54, 1.807) is 12.1 Å². The molecule has 0 spiro atoms. The van der Waals surface area contributed by atoms with Crippen molar-refractivity contribution in [3.8, 4) is 0 Å². The summed E-state index contributed by atoms with van der Waals surface area (Å²) in [6, 6.07) is 7.54. The summed E-state index contributed by atoms with van der Waals surface area (Å²) in [5, 5.41) is 3.63. The second-order valence-corrected chi connectivity index (χ2v) is 6.01. The summed E-state index contributed by atoms with van der Waals surface area (Å²) in [5.74, 6) is 0.558. The molecular weight excluding hydrogens is 239 g/mol. The second-order valence-electron chi connectivity index (χ2n) is 6.01. The van der Waals surface area contributed by atoms with Crippen LogP contribution in [0.1, 0.15) is 32.3 Å². The summed E-state index contributed by atoms with van der Waals surface area (Å²) in [6.45, 7) is 8.61. The molecule has 1 aliphatic heterocycles. The Kier molecular flexibility index (Phi) is 5.34. The lowest BCUT2D eigenvalue weighted by molar-refractivity contribution is 0.181. The zero-order valence-electron chi connectivity index (χ0n) is 12.0. The lowest BCUT2D eigenvalue weighted by Crippen LogP contribution is -2.46. The van der Waals surface area contributed by atoms with Crippen molar-refractivity contribution in [2.75, 3.05) is 19.6 Å². The van der Waals surface area contributed by atoms with Gasteiger partial charge in [-0.2, -0.15) is 0 Å². The van der Waals surface area contributed by atoms with Gasteiger partial charge in [-0.05, 0) is 49.5 Å². The van der Waals surface area contributed by atoms with Crippen molar-refractivity contribution in [2.24, 2.45) is 5.92 Å². The van der Waals surface area contributed by atoms with Crippen LogP contribution in [0.25, 0.3) is 0 Å². The van der Waals surface area contributed by atoms with Gasteiger partial charge in [-0.25, -0.2) is 4.39 Å². The maximum Gasteiger partial charge on any atom is 0.123 e. The molecule has 1 aliphatic rings. The van der Waals surface area contributed by atoms with Gasteiger partial charge in [-0.15, -0.1) is 0 Å². The Labute approximate surface area is 116 Å². The topological polar surface area (TPSA) is 15.3 Å². The monoisotopic (exact) mass is 264 g/mol. The molecule has 0 radical (unpaired) electrons. The lowest BCUT2D eigenvalue weighted by atomic mass is 10.0. The molecule has 3 heteroatoms. The zero-order chi connectivity index (χ0) is 13.7. The maximum atomic E-state index is 13.2. The minimum atomic E-state index is -0.135. The number of halogens is 1. The lowest BCUT2D eigenvalue weighted by Gasteiger charge is -2.33. The molecule has 1 heterocycles. The molecule has 1 atom stereocenters. The van der Waals surface area contributed by atoms with Crippen LogP contribution in [0, 0.1) is 11.7 Å². The average Bonchev–Trinajstić information content (AvgIpc) is 2.37. The van der Waals surface area contributed by atoms with Crippen LogP contribution in [-0.2, 0) is 6.54 Å². The van der Waals surface area contributed by atoms with Gasteiger partial charge in [0.2, 0.25) is 0 Å². The summed E-state index contributed by atoms with van der Waals surface area (Å²) < 4.78 is 13.2. The Morgan fingerprint density at radius 1 is 1.42 bits per heavy atom. The van der Waals surface area contributed by atoms with E-state index in [-0.39, 0.29) is 5.82 Å². The number of nitrogens with zero attached hydrogens (tertiary/aromatic N) is 1. The molecule has 1 fully saturated rings. The number of nitrogens with one attached hydrogen (secondary N) is 1. The number of hydrogen-bond acceptors (Lipinski definition) is 2. The molecule has 0 saturated carbocycles. The van der Waals surface area contributed by atoms with Gasteiger partial charge in [-0.3, -0.25) is 4.90 Å². The van der Waals surface area contributed by atoms with Crippen LogP contribution >= 0.6 is 0 Å². The van der Waals surface area contributed by atoms with Gasteiger partial charge in [0, 0.05) is 19.1 Å². The summed E-state index contributed by atoms with van der Waals surface area (Å²) >= 11 is 0. The first-order valence-electron chi connectivity index (χ1n) is 7.33. The maximum absolute atomic E-state index is 13.2. The minimum Gasteiger partial charge on any atom is -0.312 e. The number of piperidine rings is 1. The predicted molar refractivity (Wildman–Crippen MR) is 77.5 cm³/mol. The fourth-order valence-corrected chi connectivity index (χ4v) is 2.66. The third kappa shape index (κ3) is 4.92. The summed E-state index contributed by atoms with van der Waals surface area (Å²) in [6.07, 6.45) is 2.48. The Morgan fingerprint density at radius 2 is 2.26 bits per heavy atom. The highest BCUT2D eigenvalue weighted by atomic mass is 19.1. The number of hydrogen-bond donors (Lipinski definition) is 1. The minimum absolute atomic E-state index is 0.135. The molecule has 1 unspecified atom stereocenters. The molecule has 0 aromatic heterocycles. The van der Waals surface area contributed by atoms with E-state index in [2.05, 4.69) is 24.1 Å². The van der Waals surface area contributed by atoms with E-state index in [1.807, 2.05) is 6.07 Å². The molecule has 19 heavy (non-hydrogen) atoms. The fourth-order valence-electron chi connectivity index (χ4n) is 2.66. The molecule has 0 aliphatic carbocycles. The Morgan fingerprint density at radius 3 is 3.00 bits per heavy atom. The van der Waals surface area contributed by atoms with E-state index in [0.29, 0.717) is 12.0 Å². The standard InChI is InChI=1S/C16H25FN2/c1-13(2)10-18-16-7-4-8-19(12-16)11-14-5-3-6-15(17)9-14/h3,5-6,9,13,16,18H,4,7-8,10-12H2,1-2H3. The van der Waals surface area contributed by atoms with Gasteiger partial charge in [0.25, 0.3) is 0 Å². The first-order chi connectivity index (χ1) is 9.13. The molecule has 0 bridgehead atoms. The fraction of sp³-hybridized carbons (Fsp3) is 0.625. The molecule has 1 N–H and O–H groups in total. The number of benzene rings is 1. The van der Waals surface area contributed by atoms with Crippen molar-refractivity contribution in [3.63, 3.8) is 0 Å². The highest BCUT2D eigenvalue weighted by molar-refractivity contribution is 5.16. The van der Waals surface area contributed by atoms with Crippen molar-refractivity contribution >= 4 is 0 Å². The summed E-state index contributed by atoms with van der Waals surface area (Å²) in [5.41, 5.74) is 1.07. The smallest absolute Gasteiger partial charge is 0.123 e. The Hall–Kier alpha value is -0.930. The van der Waals surface area contributed by atoms with Crippen LogP contribution in [0.4, 0.5) is 4.39 Å². The van der Waals surface area contributed by atoms with E-state index in [0.717, 1.165) is 31.7 Å². The van der Waals surface area contributed by atoms with Crippen molar-refractivity contribution in [2.45, 2.75) is 39.3 Å². The van der Waals surface area contributed by atoms with Gasteiger partial charge < -0.3 is 5.32 Å². The zero-order valence-corrected chi connectivity index (χ0v) is 12.0. The third-order valence-corrected chi connectivity index (χ3v) is 3.62. The SMILES string of the molecule is CC(C)CNC1CCCN(Cc2cccc(F)c2)C1. The van der Waals surface area contributed by atoms with Gasteiger partial charge in [-0.1, -0.05) is 26.0 Å². The van der Waals surface area contributed by atoms with E-state index in [1.165, 1.54) is 18.9 Å². The molecule has 2 rings (SSSR count). The largest absolute Gasteiger partial charge is 0.312 e. The number of likely N-dealkylation sites (tertiary alicyclic amines) is 1. The highest BCUT2D eigenvalue weighted by Crippen LogP contribution is 2.14. The van der Waals surface area contributed by atoms with E-state index >= 15 is 0 Å². The van der Waals surface area contributed by atoms with Crippen LogP contribution in [0.3, 0.4) is 0 Å². The van der Waals surface area contributed by atoms with Crippen LogP contribution in [0.5, 0.6) is 0 Å². The molecule has 106 valence electrons. The van der Waals surface area contributed by atoms with E-state index in [4.69, 9.17) is 0 Å². The van der Waals surface area contributed by atoms with Crippen LogP contribution in [0.15, 0.2) is 24.3 Å². The predicted octanol–water partition coefficient (Wildman–Crippen LogP) is 3.04. The number of rotatable bonds is 5. The van der Waals surface area contributed by atoms with Gasteiger partial charge >= 0.3 is 0 Å². The van der Waals surface area contributed by atoms with E-state index < -0.39 is 0 Å². The Bertz CT molecular complexity index is 392. The van der Waals surface area contributed by atoms with Gasteiger partial charge in [0.05, 0.1) is 0 Å². The quantitative estimate of drug-likeness (QED) is 0.879. The van der Waals surface area contributed by atoms with Crippen LogP contribution < -0.4 is 5.32 Å². The average molecular weight is 264 g/mol. The van der Waals surface area contributed by atoms with Gasteiger partial charge in [0.15, 0.2) is 0 Å². The molecule has 1 aromatic rings. The Balaban J connectivity index is 1.83. The van der Waals surface area contributed by atoms with Crippen molar-refractivity contribution in [1.82, 2.24) is 10.2 Å². The highest BCUT2D eigenvalue weighted by Gasteiger charge is 2.19. The van der Waals surface area contributed by atoms with Gasteiger partial charge in [0.1, 0.15) is 5.82 Å². The molecule has 2 nitrogen and oxygen atoms in total. The normalized spacial score (nSPS) is 20.9. The van der Waals surface area contributed by atoms with E-state index in [9.17, 15) is 4.39 Å². The van der Waals surface area contributed by atoms with Crippen LogP contribution in [-0.4, -0.2) is 30.6 Å². The van der Waals surface area contributed by atoms with Crippen molar-refractivity contribution in [3.05, 3.63) is 35.6 Å². The molecular formula is C16H25FN2. The summed E-state index contributed by atoms with van der Waals surface area (Å²) in [4.78, 5) is 2.43. The molecule has 0 amide bonds. The third-order valence-electron chi connectivity index (χ3n) is 3.62. The van der Waals surface area contributed by atoms with Crippen LogP contribution in [0.2, 0.25) is 0 Å². The van der Waals surface area contributed by atoms with Crippen molar-refractivity contribution < 1.29 is 4.39 Å². The molecule has 1 saturated heterocycles. The first-order valence-corrected chi connectivity index (χ1v) is 7.33.